The van der Waals surface area contributed by atoms with E-state index in [4.69, 9.17) is 26.4 Å². The number of nitrogens with zero attached hydrogens (tertiary/aromatic N) is 2. The molecule has 55 heavy (non-hydrogen) atoms. The molecule has 1 amide bonds. The molecule has 3 aliphatic heterocycles. The predicted molar refractivity (Wildman–Crippen MR) is 206 cm³/mol. The number of benzene rings is 3. The average Bonchev–Trinajstić information content (AvgIpc) is 3.76. The van der Waals surface area contributed by atoms with Crippen molar-refractivity contribution >= 4 is 41.2 Å². The molecule has 2 unspecified atom stereocenters. The molecule has 0 saturated carbocycles. The third-order valence-electron chi connectivity index (χ3n) is 11.7. The van der Waals surface area contributed by atoms with Crippen LogP contribution in [0.4, 0.5) is 0 Å². The molecule has 2 N–H and O–H groups in total. The fraction of sp³-hybridized carbons (Fsp3) is 0.452. The van der Waals surface area contributed by atoms with Gasteiger partial charge in [-0.1, -0.05) is 108 Å². The monoisotopic (exact) mass is 770 g/mol. The van der Waals surface area contributed by atoms with Gasteiger partial charge in [0.25, 0.3) is 5.91 Å². The van der Waals surface area contributed by atoms with Crippen molar-refractivity contribution in [3.63, 3.8) is 0 Å². The van der Waals surface area contributed by atoms with Crippen molar-refractivity contribution in [2.75, 3.05) is 26.5 Å². The lowest BCUT2D eigenvalue weighted by molar-refractivity contribution is -0.956. The number of nitrogens with one attached hydrogen (secondary N) is 1. The Morgan fingerprint density at radius 3 is 1.98 bits per heavy atom. The second-order valence-corrected chi connectivity index (χ2v) is 15.4. The van der Waals surface area contributed by atoms with E-state index < -0.39 is 48.4 Å². The van der Waals surface area contributed by atoms with Gasteiger partial charge in [-0.05, 0) is 23.1 Å². The van der Waals surface area contributed by atoms with Gasteiger partial charge in [-0.25, -0.2) is 4.79 Å². The topological polar surface area (TPSA) is 158 Å². The van der Waals surface area contributed by atoms with Crippen molar-refractivity contribution in [2.24, 2.45) is 5.18 Å². The van der Waals surface area contributed by atoms with Crippen LogP contribution < -0.4 is 5.32 Å². The highest BCUT2D eigenvalue weighted by molar-refractivity contribution is 7.80. The number of carbonyl (C=O) groups excluding carboxylic acids is 4. The van der Waals surface area contributed by atoms with Gasteiger partial charge in [0.05, 0.1) is 38.2 Å². The average molecular weight is 771 g/mol. The third kappa shape index (κ3) is 8.60. The summed E-state index contributed by atoms with van der Waals surface area (Å²) in [7, 11) is 0. The predicted octanol–water partition coefficient (Wildman–Crippen LogP) is 4.87. The lowest BCUT2D eigenvalue weighted by Gasteiger charge is -2.47. The first-order chi connectivity index (χ1) is 26.7. The molecule has 3 heterocycles. The first kappa shape index (κ1) is 40.0. The van der Waals surface area contributed by atoms with Crippen LogP contribution >= 0.6 is 12.2 Å². The zero-order valence-electron chi connectivity index (χ0n) is 30.8. The van der Waals surface area contributed by atoms with Crippen molar-refractivity contribution in [3.8, 4) is 0 Å². The maximum atomic E-state index is 14.6. The third-order valence-corrected chi connectivity index (χ3v) is 12.1. The maximum absolute atomic E-state index is 14.6. The number of ether oxygens (including phenoxy) is 3. The Labute approximate surface area is 326 Å². The number of rotatable bonds is 18. The molecule has 3 aliphatic rings. The molecule has 3 saturated heterocycles. The van der Waals surface area contributed by atoms with Gasteiger partial charge in [0.2, 0.25) is 11.6 Å². The Morgan fingerprint density at radius 2 is 1.45 bits per heavy atom. The summed E-state index contributed by atoms with van der Waals surface area (Å²) in [5.74, 6) is -2.33. The Bertz CT molecular complexity index is 1770. The number of hydrogen-bond donors (Lipinski definition) is 2. The number of hydrogen-bond acceptors (Lipinski definition) is 11. The summed E-state index contributed by atoms with van der Waals surface area (Å²) < 4.78 is 19.4. The molecule has 3 fully saturated rings. The Hall–Kier alpha value is -4.69. The summed E-state index contributed by atoms with van der Waals surface area (Å²) in [6, 6.07) is 25.9. The number of quaternary nitrogens is 1. The van der Waals surface area contributed by atoms with Gasteiger partial charge in [-0.15, -0.1) is 4.91 Å². The van der Waals surface area contributed by atoms with E-state index in [1.165, 1.54) is 25.9 Å². The molecule has 0 aromatic heterocycles. The highest BCUT2D eigenvalue weighted by Gasteiger charge is 2.57. The molecular formula is C42H48N3O9S+. The molecule has 6 rings (SSSR count). The lowest BCUT2D eigenvalue weighted by Crippen LogP contribution is -2.60. The van der Waals surface area contributed by atoms with Crippen LogP contribution in [-0.2, 0) is 45.4 Å². The van der Waals surface area contributed by atoms with Crippen LogP contribution in [0.25, 0.3) is 0 Å². The van der Waals surface area contributed by atoms with E-state index in [0.717, 1.165) is 30.2 Å². The van der Waals surface area contributed by atoms with E-state index in [2.05, 4.69) is 10.5 Å². The van der Waals surface area contributed by atoms with Crippen LogP contribution in [0.3, 0.4) is 0 Å². The lowest BCUT2D eigenvalue weighted by atomic mass is 9.85. The van der Waals surface area contributed by atoms with Crippen LogP contribution in [0.5, 0.6) is 0 Å². The van der Waals surface area contributed by atoms with Crippen LogP contribution in [0.2, 0.25) is 0 Å². The molecule has 12 nitrogen and oxygen atoms in total. The van der Waals surface area contributed by atoms with Crippen LogP contribution in [0.1, 0.15) is 68.1 Å². The summed E-state index contributed by atoms with van der Waals surface area (Å²) in [4.78, 5) is 64.4. The Balaban J connectivity index is 1.10. The second kappa shape index (κ2) is 17.8. The van der Waals surface area contributed by atoms with Gasteiger partial charge in [-0.2, -0.15) is 0 Å². The zero-order valence-corrected chi connectivity index (χ0v) is 31.6. The van der Waals surface area contributed by atoms with E-state index >= 15 is 0 Å². The molecule has 2 bridgehead atoms. The number of piperidine rings is 1. The number of aldehydes is 1. The molecule has 0 radical (unpaired) electrons. The molecule has 3 aromatic rings. The van der Waals surface area contributed by atoms with Crippen molar-refractivity contribution in [3.05, 3.63) is 113 Å². The highest BCUT2D eigenvalue weighted by atomic mass is 32.1. The smallest absolute Gasteiger partial charge is 0.348 e. The van der Waals surface area contributed by atoms with Gasteiger partial charge in [0.15, 0.2) is 6.79 Å². The largest absolute Gasteiger partial charge is 0.459 e. The summed E-state index contributed by atoms with van der Waals surface area (Å²) in [5.41, 5.74) is -1.78. The summed E-state index contributed by atoms with van der Waals surface area (Å²) in [5, 5.41) is 15.3. The SMILES string of the molecule is O=C[C@@](CO)(Cc1ccccc1)NC(=O)[C@@H](N=O)C(=S)CCC(=O)OCOC(C(=O)OC1CC2CCC(C1)[N+]21CCCC1)(c1ccccc1)c1ccccc1. The molecule has 290 valence electrons. The first-order valence-electron chi connectivity index (χ1n) is 18.9. The fourth-order valence-electron chi connectivity index (χ4n) is 8.91. The van der Waals surface area contributed by atoms with E-state index in [0.29, 0.717) is 35.1 Å². The van der Waals surface area contributed by atoms with Crippen LogP contribution in [-0.4, -0.2) is 94.8 Å². The highest BCUT2D eigenvalue weighted by Crippen LogP contribution is 2.47. The van der Waals surface area contributed by atoms with Gasteiger partial charge in [0, 0.05) is 49.8 Å². The normalized spacial score (nSPS) is 21.5. The number of nitroso groups, excluding NO2 is 1. The minimum Gasteiger partial charge on any atom is -0.459 e. The summed E-state index contributed by atoms with van der Waals surface area (Å²) in [6.07, 6.45) is 5.92. The maximum Gasteiger partial charge on any atom is 0.348 e. The zero-order chi connectivity index (χ0) is 38.9. The van der Waals surface area contributed by atoms with E-state index in [-0.39, 0.29) is 30.2 Å². The number of aliphatic hydroxyl groups excluding tert-OH is 1. The van der Waals surface area contributed by atoms with Gasteiger partial charge in [0.1, 0.15) is 17.9 Å². The van der Waals surface area contributed by atoms with E-state index in [1.807, 2.05) is 12.1 Å². The number of thiocarbonyl (C=S) groups is 1. The fourth-order valence-corrected chi connectivity index (χ4v) is 9.16. The number of carbonyl (C=O) groups is 4. The number of aliphatic hydroxyl groups is 1. The number of amides is 1. The Morgan fingerprint density at radius 1 is 0.891 bits per heavy atom. The van der Waals surface area contributed by atoms with E-state index in [9.17, 15) is 29.2 Å². The minimum atomic E-state index is -1.75. The molecule has 13 heteroatoms. The van der Waals surface area contributed by atoms with Crippen molar-refractivity contribution in [2.45, 2.75) is 93.2 Å². The van der Waals surface area contributed by atoms with Gasteiger partial charge >= 0.3 is 11.9 Å². The molecule has 1 spiro atoms. The van der Waals surface area contributed by atoms with Crippen LogP contribution in [0.15, 0.2) is 96.2 Å². The van der Waals surface area contributed by atoms with E-state index in [1.54, 1.807) is 78.9 Å². The van der Waals surface area contributed by atoms with Crippen molar-refractivity contribution < 1.29 is 43.0 Å². The Kier molecular flexibility index (Phi) is 13.0. The quantitative estimate of drug-likeness (QED) is 0.0457. The van der Waals surface area contributed by atoms with Gasteiger partial charge in [-0.3, -0.25) is 9.59 Å². The molecule has 4 atom stereocenters. The van der Waals surface area contributed by atoms with Crippen molar-refractivity contribution in [1.29, 1.82) is 0 Å². The first-order valence-corrected chi connectivity index (χ1v) is 19.4. The van der Waals surface area contributed by atoms with Crippen LogP contribution in [0, 0.1) is 4.91 Å². The van der Waals surface area contributed by atoms with Gasteiger partial charge < -0.3 is 33.9 Å². The second-order valence-electron chi connectivity index (χ2n) is 14.9. The summed E-state index contributed by atoms with van der Waals surface area (Å²) >= 11 is 5.32. The minimum absolute atomic E-state index is 0.0348. The number of esters is 2. The standard InChI is InChI=1S/C42H47N3O9S/c46-27-41(28-47,26-30-12-4-1-5-13-30)43-39(49)38(44-51)36(55)20-21-37(48)52-29-53-42(31-14-6-2-7-15-31,32-16-8-3-9-17-32)40(50)54-35-24-33-18-19-34(25-35)45(33)22-10-11-23-45/h1-9,12-17,27,33-35,38,47H,10-11,18-26,28-29H2/p+1/t33?,34?,35?,38-,41+/m0/s1. The molecule has 3 aromatic carbocycles. The molecular weight excluding hydrogens is 723 g/mol. The molecule has 0 aliphatic carbocycles. The van der Waals surface area contributed by atoms with Crippen molar-refractivity contribution in [1.82, 2.24) is 5.32 Å². The summed E-state index contributed by atoms with van der Waals surface area (Å²) in [6.45, 7) is 1.05.